The van der Waals surface area contributed by atoms with Crippen molar-refractivity contribution >= 4 is 23.8 Å². The molecule has 0 unspecified atom stereocenters. The van der Waals surface area contributed by atoms with Crippen LogP contribution >= 0.6 is 12.4 Å². The molecule has 0 amide bonds. The van der Waals surface area contributed by atoms with Gasteiger partial charge in [0.05, 0.1) is 11.4 Å². The number of anilines is 2. The summed E-state index contributed by atoms with van der Waals surface area (Å²) in [5.41, 5.74) is 8.33. The largest absolute Gasteiger partial charge is 0.301 e. The second-order valence-corrected chi connectivity index (χ2v) is 2.98. The maximum absolute atomic E-state index is 3.11. The summed E-state index contributed by atoms with van der Waals surface area (Å²) < 4.78 is 0. The van der Waals surface area contributed by atoms with Gasteiger partial charge < -0.3 is 10.9 Å². The lowest BCUT2D eigenvalue weighted by Crippen LogP contribution is -2.07. The minimum absolute atomic E-state index is 0. The summed E-state index contributed by atoms with van der Waals surface area (Å²) in [6.07, 6.45) is 0. The second-order valence-electron chi connectivity index (χ2n) is 2.98. The predicted octanol–water partition coefficient (Wildman–Crippen LogP) is 3.55. The highest BCUT2D eigenvalue weighted by atomic mass is 35.5. The van der Waals surface area contributed by atoms with Crippen LogP contribution < -0.4 is 10.9 Å². The molecule has 0 heterocycles. The molecule has 0 fully saturated rings. The first-order valence-corrected chi connectivity index (χ1v) is 4.57. The van der Waals surface area contributed by atoms with Crippen LogP contribution in [0.25, 0.3) is 0 Å². The molecule has 2 aromatic carbocycles. The van der Waals surface area contributed by atoms with Gasteiger partial charge in [0.25, 0.3) is 0 Å². The van der Waals surface area contributed by atoms with E-state index >= 15 is 0 Å². The van der Waals surface area contributed by atoms with Crippen molar-refractivity contribution < 1.29 is 0 Å². The zero-order valence-electron chi connectivity index (χ0n) is 8.18. The lowest BCUT2D eigenvalue weighted by atomic mass is 10.3. The van der Waals surface area contributed by atoms with Gasteiger partial charge >= 0.3 is 0 Å². The Hall–Kier alpha value is -1.67. The highest BCUT2D eigenvalue weighted by Gasteiger charge is 1.88. The number of benzene rings is 2. The zero-order valence-corrected chi connectivity index (χ0v) is 9.00. The molecule has 0 bridgehead atoms. The van der Waals surface area contributed by atoms with E-state index in [-0.39, 0.29) is 12.4 Å². The van der Waals surface area contributed by atoms with E-state index in [0.717, 1.165) is 11.4 Å². The molecule has 0 spiro atoms. The second kappa shape index (κ2) is 5.94. The van der Waals surface area contributed by atoms with Crippen LogP contribution in [0, 0.1) is 0 Å². The van der Waals surface area contributed by atoms with Gasteiger partial charge in [0.15, 0.2) is 0 Å². The average Bonchev–Trinajstić information content (AvgIpc) is 2.29. The third-order valence-electron chi connectivity index (χ3n) is 1.90. The van der Waals surface area contributed by atoms with Crippen molar-refractivity contribution in [1.29, 1.82) is 0 Å². The van der Waals surface area contributed by atoms with E-state index in [2.05, 4.69) is 10.9 Å². The molecule has 2 N–H and O–H groups in total. The minimum atomic E-state index is 0. The Morgan fingerprint density at radius 3 is 1.20 bits per heavy atom. The Morgan fingerprint density at radius 1 is 0.533 bits per heavy atom. The topological polar surface area (TPSA) is 24.1 Å². The third kappa shape index (κ3) is 3.52. The van der Waals surface area contributed by atoms with Crippen molar-refractivity contribution in [3.8, 4) is 0 Å². The van der Waals surface area contributed by atoms with Gasteiger partial charge in [-0.2, -0.15) is 0 Å². The molecule has 2 nitrogen and oxygen atoms in total. The maximum atomic E-state index is 3.11. The number of hydrogen-bond donors (Lipinski definition) is 2. The monoisotopic (exact) mass is 220 g/mol. The Bertz CT molecular complexity index is 336. The maximum Gasteiger partial charge on any atom is 0.0539 e. The van der Waals surface area contributed by atoms with Crippen LogP contribution in [0.1, 0.15) is 0 Å². The molecule has 78 valence electrons. The molecule has 0 aromatic heterocycles. The van der Waals surface area contributed by atoms with Gasteiger partial charge in [-0.15, -0.1) is 12.4 Å². The van der Waals surface area contributed by atoms with Crippen molar-refractivity contribution in [3.63, 3.8) is 0 Å². The highest BCUT2D eigenvalue weighted by Crippen LogP contribution is 2.08. The highest BCUT2D eigenvalue weighted by molar-refractivity contribution is 5.85. The standard InChI is InChI=1S/C12H12N2.ClH/c1-3-7-11(8-4-1)13-14-12-9-5-2-6-10-12;/h1-10,13-14H;1H. The Kier molecular flexibility index (Phi) is 4.51. The summed E-state index contributed by atoms with van der Waals surface area (Å²) in [5.74, 6) is 0. The van der Waals surface area contributed by atoms with Crippen LogP contribution in [0.15, 0.2) is 60.7 Å². The van der Waals surface area contributed by atoms with Gasteiger partial charge in [-0.05, 0) is 24.3 Å². The van der Waals surface area contributed by atoms with Crippen LogP contribution in [0.2, 0.25) is 0 Å². The molecular weight excluding hydrogens is 208 g/mol. The number of para-hydroxylation sites is 2. The molecule has 2 rings (SSSR count). The van der Waals surface area contributed by atoms with E-state index in [9.17, 15) is 0 Å². The number of halogens is 1. The summed E-state index contributed by atoms with van der Waals surface area (Å²) >= 11 is 0. The number of hydrazine groups is 1. The van der Waals surface area contributed by atoms with Gasteiger partial charge in [0.2, 0.25) is 0 Å². The average molecular weight is 221 g/mol. The summed E-state index contributed by atoms with van der Waals surface area (Å²) in [4.78, 5) is 0. The molecule has 3 heteroatoms. The molecule has 0 aliphatic carbocycles. The van der Waals surface area contributed by atoms with Gasteiger partial charge in [-0.1, -0.05) is 36.4 Å². The van der Waals surface area contributed by atoms with Crippen molar-refractivity contribution in [2.45, 2.75) is 0 Å². The number of nitrogens with one attached hydrogen (secondary N) is 2. The minimum Gasteiger partial charge on any atom is -0.301 e. The fourth-order valence-corrected chi connectivity index (χ4v) is 1.19. The van der Waals surface area contributed by atoms with Gasteiger partial charge in [0.1, 0.15) is 0 Å². The van der Waals surface area contributed by atoms with Crippen LogP contribution in [0.4, 0.5) is 11.4 Å². The van der Waals surface area contributed by atoms with Crippen molar-refractivity contribution in [2.75, 3.05) is 10.9 Å². The summed E-state index contributed by atoms with van der Waals surface area (Å²) in [5, 5.41) is 0. The zero-order chi connectivity index (χ0) is 9.64. The normalized spacial score (nSPS) is 8.80. The smallest absolute Gasteiger partial charge is 0.0539 e. The fourth-order valence-electron chi connectivity index (χ4n) is 1.19. The van der Waals surface area contributed by atoms with Crippen LogP contribution in [0.3, 0.4) is 0 Å². The van der Waals surface area contributed by atoms with Gasteiger partial charge in [-0.25, -0.2) is 0 Å². The number of rotatable bonds is 3. The molecular formula is C12H13ClN2. The first-order valence-electron chi connectivity index (χ1n) is 4.57. The Labute approximate surface area is 95.7 Å². The molecule has 0 saturated heterocycles. The summed E-state index contributed by atoms with van der Waals surface area (Å²) in [7, 11) is 0. The van der Waals surface area contributed by atoms with Gasteiger partial charge in [-0.3, -0.25) is 0 Å². The van der Waals surface area contributed by atoms with E-state index in [4.69, 9.17) is 0 Å². The summed E-state index contributed by atoms with van der Waals surface area (Å²) in [6, 6.07) is 20.0. The van der Waals surface area contributed by atoms with E-state index in [1.807, 2.05) is 60.7 Å². The van der Waals surface area contributed by atoms with Crippen LogP contribution in [-0.2, 0) is 0 Å². The van der Waals surface area contributed by atoms with E-state index < -0.39 is 0 Å². The van der Waals surface area contributed by atoms with E-state index in [1.54, 1.807) is 0 Å². The van der Waals surface area contributed by atoms with Crippen molar-refractivity contribution in [2.24, 2.45) is 0 Å². The molecule has 0 atom stereocenters. The lowest BCUT2D eigenvalue weighted by Gasteiger charge is -2.08. The van der Waals surface area contributed by atoms with Gasteiger partial charge in [0, 0.05) is 0 Å². The molecule has 0 radical (unpaired) electrons. The number of hydrogen-bond acceptors (Lipinski definition) is 2. The predicted molar refractivity (Wildman–Crippen MR) is 67.4 cm³/mol. The molecule has 2 aromatic rings. The lowest BCUT2D eigenvalue weighted by molar-refractivity contribution is 1.41. The quantitative estimate of drug-likeness (QED) is 0.774. The summed E-state index contributed by atoms with van der Waals surface area (Å²) in [6.45, 7) is 0. The fraction of sp³-hybridized carbons (Fsp3) is 0. The van der Waals surface area contributed by atoms with E-state index in [1.165, 1.54) is 0 Å². The molecule has 0 aliphatic rings. The first-order chi connectivity index (χ1) is 6.95. The SMILES string of the molecule is Cl.c1ccc(NNc2ccccc2)cc1. The van der Waals surface area contributed by atoms with E-state index in [0.29, 0.717) is 0 Å². The van der Waals surface area contributed by atoms with Crippen molar-refractivity contribution in [3.05, 3.63) is 60.7 Å². The molecule has 0 aliphatic heterocycles. The van der Waals surface area contributed by atoms with Crippen LogP contribution in [0.5, 0.6) is 0 Å². The Balaban J connectivity index is 0.00000112. The molecule has 0 saturated carbocycles. The first kappa shape index (κ1) is 11.4. The Morgan fingerprint density at radius 2 is 0.867 bits per heavy atom. The third-order valence-corrected chi connectivity index (χ3v) is 1.90. The van der Waals surface area contributed by atoms with Crippen LogP contribution in [-0.4, -0.2) is 0 Å². The molecule has 15 heavy (non-hydrogen) atoms. The van der Waals surface area contributed by atoms with Crippen molar-refractivity contribution in [1.82, 2.24) is 0 Å².